The molecule has 1 fully saturated rings. The zero-order valence-corrected chi connectivity index (χ0v) is 4.86. The number of hydrogen-bond donors (Lipinski definition) is 0. The quantitative estimate of drug-likeness (QED) is 0.206. The predicted molar refractivity (Wildman–Crippen MR) is 27.6 cm³/mol. The maximum absolute atomic E-state index is 10.5. The van der Waals surface area contributed by atoms with Crippen molar-refractivity contribution in [2.45, 2.75) is 12.5 Å². The number of ether oxygens (including phenoxy) is 1. The van der Waals surface area contributed by atoms with Crippen LogP contribution in [0.4, 0.5) is 0 Å². The van der Waals surface area contributed by atoms with Gasteiger partial charge in [-0.2, -0.15) is 4.99 Å². The summed E-state index contributed by atoms with van der Waals surface area (Å²) in [6.07, 6.45) is 1.04. The maximum atomic E-state index is 10.5. The summed E-state index contributed by atoms with van der Waals surface area (Å²) >= 11 is 0. The molecule has 0 aromatic rings. The van der Waals surface area contributed by atoms with Gasteiger partial charge < -0.3 is 4.74 Å². The van der Waals surface area contributed by atoms with Gasteiger partial charge >= 0.3 is 11.9 Å². The number of esters is 2. The Hall–Kier alpha value is -1.48. The van der Waals surface area contributed by atoms with Crippen molar-refractivity contribution in [2.24, 2.45) is 4.99 Å². The highest BCUT2D eigenvalue weighted by molar-refractivity contribution is 5.97. The van der Waals surface area contributed by atoms with E-state index < -0.39 is 18.0 Å². The van der Waals surface area contributed by atoms with Crippen molar-refractivity contribution in [3.63, 3.8) is 0 Å². The normalized spacial score (nSPS) is 23.8. The molecule has 0 N–H and O–H groups in total. The Morgan fingerprint density at radius 3 is 2.70 bits per heavy atom. The lowest BCUT2D eigenvalue weighted by Gasteiger charge is -1.87. The number of hydrogen-bond acceptors (Lipinski definition) is 5. The maximum Gasteiger partial charge on any atom is 0.340 e. The van der Waals surface area contributed by atoms with Crippen molar-refractivity contribution in [2.75, 3.05) is 0 Å². The summed E-state index contributed by atoms with van der Waals surface area (Å²) in [4.78, 5) is 33.4. The first-order valence-electron chi connectivity index (χ1n) is 2.55. The van der Waals surface area contributed by atoms with Crippen LogP contribution in [0.25, 0.3) is 0 Å². The van der Waals surface area contributed by atoms with E-state index in [1.54, 1.807) is 0 Å². The number of rotatable bonds is 1. The summed E-state index contributed by atoms with van der Waals surface area (Å²) in [7, 11) is 0. The summed E-state index contributed by atoms with van der Waals surface area (Å²) in [5.74, 6) is -1.41. The molecule has 1 aliphatic rings. The summed E-state index contributed by atoms with van der Waals surface area (Å²) in [6, 6.07) is -0.954. The average Bonchev–Trinajstić information content (AvgIpc) is 2.13. The average molecular weight is 141 g/mol. The number of carbonyl (C=O) groups excluding carboxylic acids is 3. The topological polar surface area (TPSA) is 72.8 Å². The molecule has 0 aromatic heterocycles. The molecule has 1 saturated heterocycles. The van der Waals surface area contributed by atoms with Gasteiger partial charge in [0.2, 0.25) is 6.08 Å². The Morgan fingerprint density at radius 2 is 2.30 bits per heavy atom. The summed E-state index contributed by atoms with van der Waals surface area (Å²) in [6.45, 7) is 0. The molecule has 0 aliphatic carbocycles. The van der Waals surface area contributed by atoms with E-state index in [4.69, 9.17) is 0 Å². The predicted octanol–water partition coefficient (Wildman–Crippen LogP) is -0.836. The van der Waals surface area contributed by atoms with E-state index >= 15 is 0 Å². The molecule has 5 heteroatoms. The highest BCUT2D eigenvalue weighted by Crippen LogP contribution is 2.10. The van der Waals surface area contributed by atoms with Gasteiger partial charge in [-0.05, 0) is 0 Å². The summed E-state index contributed by atoms with van der Waals surface area (Å²) in [5, 5.41) is 0. The van der Waals surface area contributed by atoms with Gasteiger partial charge in [-0.15, -0.1) is 0 Å². The molecule has 0 spiro atoms. The van der Waals surface area contributed by atoms with Crippen molar-refractivity contribution in [1.29, 1.82) is 0 Å². The molecule has 1 rings (SSSR count). The van der Waals surface area contributed by atoms with Crippen LogP contribution in [0.3, 0.4) is 0 Å². The van der Waals surface area contributed by atoms with Crippen LogP contribution >= 0.6 is 0 Å². The van der Waals surface area contributed by atoms with E-state index in [9.17, 15) is 14.4 Å². The number of nitrogens with zero attached hydrogens (tertiary/aromatic N) is 1. The largest absolute Gasteiger partial charge is 0.391 e. The summed E-state index contributed by atoms with van der Waals surface area (Å²) < 4.78 is 4.08. The molecule has 5 nitrogen and oxygen atoms in total. The third-order valence-electron chi connectivity index (χ3n) is 1.06. The third kappa shape index (κ3) is 1.09. The lowest BCUT2D eigenvalue weighted by atomic mass is 10.3. The van der Waals surface area contributed by atoms with Crippen molar-refractivity contribution in [3.05, 3.63) is 0 Å². The molecular weight excluding hydrogens is 138 g/mol. The van der Waals surface area contributed by atoms with Crippen LogP contribution in [-0.2, 0) is 19.1 Å². The molecule has 1 atom stereocenters. The van der Waals surface area contributed by atoms with E-state index in [1.165, 1.54) is 6.08 Å². The van der Waals surface area contributed by atoms with Crippen LogP contribution in [0, 0.1) is 0 Å². The van der Waals surface area contributed by atoms with Crippen LogP contribution < -0.4 is 0 Å². The van der Waals surface area contributed by atoms with E-state index in [0.29, 0.717) is 0 Å². The monoisotopic (exact) mass is 141 g/mol. The zero-order valence-electron chi connectivity index (χ0n) is 4.86. The molecule has 0 amide bonds. The number of isocyanates is 1. The van der Waals surface area contributed by atoms with E-state index in [2.05, 4.69) is 9.73 Å². The van der Waals surface area contributed by atoms with Gasteiger partial charge in [0.15, 0.2) is 6.04 Å². The van der Waals surface area contributed by atoms with Crippen molar-refractivity contribution in [3.8, 4) is 0 Å². The summed E-state index contributed by atoms with van der Waals surface area (Å²) in [5.41, 5.74) is 0. The van der Waals surface area contributed by atoms with Gasteiger partial charge in [-0.3, -0.25) is 4.79 Å². The SMILES string of the molecule is O=C=NC1CC(=O)OC1=O. The Balaban J connectivity index is 2.72. The molecule has 0 bridgehead atoms. The molecule has 52 valence electrons. The zero-order chi connectivity index (χ0) is 7.56. The minimum absolute atomic E-state index is 0.145. The lowest BCUT2D eigenvalue weighted by Crippen LogP contribution is -2.10. The fourth-order valence-corrected chi connectivity index (χ4v) is 0.625. The smallest absolute Gasteiger partial charge is 0.340 e. The number of carbonyl (C=O) groups is 2. The fraction of sp³-hybridized carbons (Fsp3) is 0.400. The first-order chi connectivity index (χ1) is 4.74. The van der Waals surface area contributed by atoms with Gasteiger partial charge in [-0.1, -0.05) is 0 Å². The van der Waals surface area contributed by atoms with Crippen LogP contribution in [-0.4, -0.2) is 24.1 Å². The minimum Gasteiger partial charge on any atom is -0.391 e. The van der Waals surface area contributed by atoms with E-state index in [1.807, 2.05) is 0 Å². The van der Waals surface area contributed by atoms with Crippen LogP contribution in [0.15, 0.2) is 4.99 Å². The Kier molecular flexibility index (Phi) is 1.60. The first kappa shape index (κ1) is 6.64. The molecule has 1 aliphatic heterocycles. The standard InChI is InChI=1S/C5H3NO4/c7-2-6-3-1-4(8)10-5(3)9/h3H,1H2. The van der Waals surface area contributed by atoms with Gasteiger partial charge in [-0.25, -0.2) is 9.59 Å². The van der Waals surface area contributed by atoms with E-state index in [0.717, 1.165) is 0 Å². The Labute approximate surface area is 55.7 Å². The first-order valence-corrected chi connectivity index (χ1v) is 2.55. The van der Waals surface area contributed by atoms with Crippen LogP contribution in [0.1, 0.15) is 6.42 Å². The number of aliphatic imine (C=N–C) groups is 1. The second-order valence-corrected chi connectivity index (χ2v) is 1.73. The van der Waals surface area contributed by atoms with Gasteiger partial charge in [0.1, 0.15) is 0 Å². The molecule has 0 saturated carbocycles. The number of cyclic esters (lactones) is 2. The molecular formula is C5H3NO4. The minimum atomic E-state index is -0.954. The van der Waals surface area contributed by atoms with Gasteiger partial charge in [0.05, 0.1) is 6.42 Å². The van der Waals surface area contributed by atoms with Crippen LogP contribution in [0.2, 0.25) is 0 Å². The van der Waals surface area contributed by atoms with Crippen molar-refractivity contribution < 1.29 is 19.1 Å². The molecule has 0 radical (unpaired) electrons. The fourth-order valence-electron chi connectivity index (χ4n) is 0.625. The second-order valence-electron chi connectivity index (χ2n) is 1.73. The van der Waals surface area contributed by atoms with Gasteiger partial charge in [0.25, 0.3) is 0 Å². The molecule has 10 heavy (non-hydrogen) atoms. The second kappa shape index (κ2) is 2.41. The highest BCUT2D eigenvalue weighted by Gasteiger charge is 2.33. The molecule has 0 aromatic carbocycles. The Bertz CT molecular complexity index is 228. The highest BCUT2D eigenvalue weighted by atomic mass is 16.6. The molecule has 1 heterocycles. The molecule has 1 unspecified atom stereocenters. The van der Waals surface area contributed by atoms with Crippen molar-refractivity contribution in [1.82, 2.24) is 0 Å². The van der Waals surface area contributed by atoms with Gasteiger partial charge in [0, 0.05) is 0 Å². The lowest BCUT2D eigenvalue weighted by molar-refractivity contribution is -0.152. The Morgan fingerprint density at radius 1 is 1.60 bits per heavy atom. The van der Waals surface area contributed by atoms with E-state index in [-0.39, 0.29) is 6.42 Å². The van der Waals surface area contributed by atoms with Crippen LogP contribution in [0.5, 0.6) is 0 Å². The third-order valence-corrected chi connectivity index (χ3v) is 1.06. The van der Waals surface area contributed by atoms with Crippen molar-refractivity contribution >= 4 is 18.0 Å².